The first-order chi connectivity index (χ1) is 9.17. The lowest BCUT2D eigenvalue weighted by Crippen LogP contribution is -2.12. The van der Waals surface area contributed by atoms with Crippen LogP contribution in [0.5, 0.6) is 0 Å². The van der Waals surface area contributed by atoms with Gasteiger partial charge in [-0.3, -0.25) is 4.79 Å². The Morgan fingerprint density at radius 3 is 2.89 bits per heavy atom. The summed E-state index contributed by atoms with van der Waals surface area (Å²) in [6.45, 7) is 1.90. The van der Waals surface area contributed by atoms with E-state index in [2.05, 4.69) is 0 Å². The summed E-state index contributed by atoms with van der Waals surface area (Å²) in [5, 5.41) is 9.77. The van der Waals surface area contributed by atoms with Crippen LogP contribution in [0.2, 0.25) is 5.02 Å². The standard InChI is InChI=1S/C15H12ClNO2/c1-2-14-12(6-7-19-14)15(18)13(9-17)10-4-3-5-11(16)8-10/h3-8,13H,2H2,1H3. The third kappa shape index (κ3) is 2.69. The van der Waals surface area contributed by atoms with Crippen LogP contribution in [0.4, 0.5) is 0 Å². The highest BCUT2D eigenvalue weighted by Crippen LogP contribution is 2.25. The molecule has 0 fully saturated rings. The molecule has 0 amide bonds. The number of hydrogen-bond acceptors (Lipinski definition) is 3. The zero-order valence-electron chi connectivity index (χ0n) is 10.4. The Balaban J connectivity index is 2.38. The van der Waals surface area contributed by atoms with Crippen molar-refractivity contribution in [1.29, 1.82) is 5.26 Å². The lowest BCUT2D eigenvalue weighted by molar-refractivity contribution is 0.0977. The van der Waals surface area contributed by atoms with Crippen LogP contribution in [-0.2, 0) is 6.42 Å². The molecule has 19 heavy (non-hydrogen) atoms. The second-order valence-electron chi connectivity index (χ2n) is 4.09. The quantitative estimate of drug-likeness (QED) is 0.792. The number of Topliss-reactive ketones (excluding diaryl/α,β-unsaturated/α-hetero) is 1. The number of hydrogen-bond donors (Lipinski definition) is 0. The van der Waals surface area contributed by atoms with Gasteiger partial charge in [0.25, 0.3) is 0 Å². The number of carbonyl (C=O) groups excluding carboxylic acids is 1. The second-order valence-corrected chi connectivity index (χ2v) is 4.53. The summed E-state index contributed by atoms with van der Waals surface area (Å²) < 4.78 is 5.23. The van der Waals surface area contributed by atoms with Crippen LogP contribution >= 0.6 is 11.6 Å². The van der Waals surface area contributed by atoms with E-state index in [9.17, 15) is 10.1 Å². The normalized spacial score (nSPS) is 11.8. The van der Waals surface area contributed by atoms with Crippen molar-refractivity contribution in [2.45, 2.75) is 19.3 Å². The smallest absolute Gasteiger partial charge is 0.187 e. The van der Waals surface area contributed by atoms with Gasteiger partial charge in [0, 0.05) is 11.4 Å². The highest BCUT2D eigenvalue weighted by Gasteiger charge is 2.25. The molecule has 0 aliphatic heterocycles. The van der Waals surface area contributed by atoms with E-state index in [1.54, 1.807) is 30.3 Å². The summed E-state index contributed by atoms with van der Waals surface area (Å²) in [5.41, 5.74) is 1.07. The number of aryl methyl sites for hydroxylation is 1. The Kier molecular flexibility index (Phi) is 4.03. The van der Waals surface area contributed by atoms with Crippen LogP contribution in [0.1, 0.15) is 34.5 Å². The van der Waals surface area contributed by atoms with Crippen molar-refractivity contribution in [2.75, 3.05) is 0 Å². The molecule has 1 atom stereocenters. The highest BCUT2D eigenvalue weighted by atomic mass is 35.5. The minimum atomic E-state index is -0.860. The average Bonchev–Trinajstić information content (AvgIpc) is 2.87. The SMILES string of the molecule is CCc1occc1C(=O)C(C#N)c1cccc(Cl)c1. The van der Waals surface area contributed by atoms with Gasteiger partial charge in [-0.05, 0) is 23.8 Å². The van der Waals surface area contributed by atoms with Crippen LogP contribution < -0.4 is 0 Å². The maximum Gasteiger partial charge on any atom is 0.187 e. The van der Waals surface area contributed by atoms with Gasteiger partial charge in [-0.2, -0.15) is 5.26 Å². The van der Waals surface area contributed by atoms with E-state index >= 15 is 0 Å². The second kappa shape index (κ2) is 5.73. The van der Waals surface area contributed by atoms with Gasteiger partial charge in [-0.25, -0.2) is 0 Å². The number of nitriles is 1. The van der Waals surface area contributed by atoms with Crippen molar-refractivity contribution < 1.29 is 9.21 Å². The van der Waals surface area contributed by atoms with Crippen molar-refractivity contribution in [3.8, 4) is 6.07 Å². The maximum atomic E-state index is 12.4. The third-order valence-corrected chi connectivity index (χ3v) is 3.14. The number of rotatable bonds is 4. The highest BCUT2D eigenvalue weighted by molar-refractivity contribution is 6.30. The first-order valence-electron chi connectivity index (χ1n) is 5.93. The molecule has 2 rings (SSSR count). The first kappa shape index (κ1) is 13.4. The summed E-state index contributed by atoms with van der Waals surface area (Å²) in [4.78, 5) is 12.4. The van der Waals surface area contributed by atoms with Gasteiger partial charge in [0.2, 0.25) is 0 Å². The number of nitrogens with zero attached hydrogens (tertiary/aromatic N) is 1. The fraction of sp³-hybridized carbons (Fsp3) is 0.200. The molecule has 96 valence electrons. The van der Waals surface area contributed by atoms with Crippen LogP contribution in [0.15, 0.2) is 41.0 Å². The molecule has 4 heteroatoms. The van der Waals surface area contributed by atoms with E-state index < -0.39 is 5.92 Å². The van der Waals surface area contributed by atoms with E-state index in [-0.39, 0.29) is 5.78 Å². The Labute approximate surface area is 116 Å². The van der Waals surface area contributed by atoms with Gasteiger partial charge in [0.15, 0.2) is 5.78 Å². The Bertz CT molecular complexity index is 640. The molecule has 1 aromatic carbocycles. The van der Waals surface area contributed by atoms with Gasteiger partial charge in [0.1, 0.15) is 11.7 Å². The Morgan fingerprint density at radius 2 is 2.26 bits per heavy atom. The van der Waals surface area contributed by atoms with Gasteiger partial charge in [-0.1, -0.05) is 30.7 Å². The number of halogens is 1. The van der Waals surface area contributed by atoms with Crippen molar-refractivity contribution in [3.63, 3.8) is 0 Å². The van der Waals surface area contributed by atoms with Gasteiger partial charge in [-0.15, -0.1) is 0 Å². The maximum absolute atomic E-state index is 12.4. The van der Waals surface area contributed by atoms with Crippen molar-refractivity contribution in [3.05, 3.63) is 58.5 Å². The predicted molar refractivity (Wildman–Crippen MR) is 72.2 cm³/mol. The molecular weight excluding hydrogens is 262 g/mol. The van der Waals surface area contributed by atoms with Crippen molar-refractivity contribution in [2.24, 2.45) is 0 Å². The Morgan fingerprint density at radius 1 is 1.47 bits per heavy atom. The van der Waals surface area contributed by atoms with Crippen LogP contribution in [0.25, 0.3) is 0 Å². The summed E-state index contributed by atoms with van der Waals surface area (Å²) in [6, 6.07) is 10.4. The number of benzene rings is 1. The molecule has 0 N–H and O–H groups in total. The Hall–Kier alpha value is -2.05. The largest absolute Gasteiger partial charge is 0.469 e. The van der Waals surface area contributed by atoms with E-state index in [0.29, 0.717) is 28.3 Å². The fourth-order valence-electron chi connectivity index (χ4n) is 1.96. The number of furan rings is 1. The zero-order valence-corrected chi connectivity index (χ0v) is 11.1. The molecule has 0 aliphatic rings. The number of carbonyl (C=O) groups is 1. The molecule has 2 aromatic rings. The van der Waals surface area contributed by atoms with Crippen molar-refractivity contribution in [1.82, 2.24) is 0 Å². The summed E-state index contributed by atoms with van der Waals surface area (Å²) in [6.07, 6.45) is 2.08. The van der Waals surface area contributed by atoms with E-state index in [1.807, 2.05) is 13.0 Å². The molecule has 0 saturated heterocycles. The van der Waals surface area contributed by atoms with E-state index in [0.717, 1.165) is 0 Å². The van der Waals surface area contributed by atoms with Crippen LogP contribution in [0.3, 0.4) is 0 Å². The minimum absolute atomic E-state index is 0.254. The van der Waals surface area contributed by atoms with E-state index in [1.165, 1.54) is 6.26 Å². The first-order valence-corrected chi connectivity index (χ1v) is 6.30. The monoisotopic (exact) mass is 273 g/mol. The van der Waals surface area contributed by atoms with Crippen LogP contribution in [-0.4, -0.2) is 5.78 Å². The van der Waals surface area contributed by atoms with Crippen LogP contribution in [0, 0.1) is 11.3 Å². The van der Waals surface area contributed by atoms with E-state index in [4.69, 9.17) is 16.0 Å². The molecular formula is C15H12ClNO2. The molecule has 1 aromatic heterocycles. The molecule has 0 spiro atoms. The zero-order chi connectivity index (χ0) is 13.8. The third-order valence-electron chi connectivity index (χ3n) is 2.91. The van der Waals surface area contributed by atoms with Gasteiger partial charge in [0.05, 0.1) is 17.9 Å². The summed E-state index contributed by atoms with van der Waals surface area (Å²) in [7, 11) is 0. The summed E-state index contributed by atoms with van der Waals surface area (Å²) in [5.74, 6) is -0.510. The molecule has 0 bridgehead atoms. The molecule has 3 nitrogen and oxygen atoms in total. The fourth-order valence-corrected chi connectivity index (χ4v) is 2.16. The average molecular weight is 274 g/mol. The lowest BCUT2D eigenvalue weighted by Gasteiger charge is -2.08. The summed E-state index contributed by atoms with van der Waals surface area (Å²) >= 11 is 5.89. The molecule has 0 radical (unpaired) electrons. The number of ketones is 1. The molecule has 1 unspecified atom stereocenters. The van der Waals surface area contributed by atoms with Crippen molar-refractivity contribution >= 4 is 17.4 Å². The lowest BCUT2D eigenvalue weighted by atomic mass is 9.91. The topological polar surface area (TPSA) is 54.0 Å². The van der Waals surface area contributed by atoms with Gasteiger partial charge < -0.3 is 4.42 Å². The van der Waals surface area contributed by atoms with Gasteiger partial charge >= 0.3 is 0 Å². The minimum Gasteiger partial charge on any atom is -0.469 e. The molecule has 0 aliphatic carbocycles. The predicted octanol–water partition coefficient (Wildman–Crippen LogP) is 3.99. The molecule has 0 saturated carbocycles. The molecule has 1 heterocycles.